The van der Waals surface area contributed by atoms with Gasteiger partial charge in [0, 0.05) is 0 Å². The van der Waals surface area contributed by atoms with Crippen LogP contribution in [0.15, 0.2) is 47.4 Å². The van der Waals surface area contributed by atoms with E-state index in [1.165, 1.54) is 12.1 Å². The third kappa shape index (κ3) is 4.86. The molecule has 0 heterocycles. The smallest absolute Gasteiger partial charge is 0.241 e. The van der Waals surface area contributed by atoms with E-state index in [-0.39, 0.29) is 10.3 Å². The molecule has 0 saturated carbocycles. The molecule has 0 aliphatic carbocycles. The molecule has 0 aromatic heterocycles. The Hall–Kier alpha value is -2.32. The van der Waals surface area contributed by atoms with Crippen molar-refractivity contribution in [3.63, 3.8) is 0 Å². The molecular weight excluding hydrogens is 362 g/mol. The van der Waals surface area contributed by atoms with Gasteiger partial charge in [-0.2, -0.15) is 0 Å². The first kappa shape index (κ1) is 20.0. The molecule has 26 heavy (non-hydrogen) atoms. The molecule has 0 aliphatic heterocycles. The number of benzene rings is 2. The van der Waals surface area contributed by atoms with Crippen LogP contribution in [0.1, 0.15) is 26.3 Å². The minimum atomic E-state index is -3.93. The average Bonchev–Trinajstić information content (AvgIpc) is 2.56. The third-order valence-electron chi connectivity index (χ3n) is 3.68. The third-order valence-corrected chi connectivity index (χ3v) is 5.10. The molecule has 0 spiro atoms. The zero-order valence-corrected chi connectivity index (χ0v) is 15.5. The van der Waals surface area contributed by atoms with Gasteiger partial charge in [0.25, 0.3) is 0 Å². The minimum Gasteiger partial charge on any atom is -0.320 e. The van der Waals surface area contributed by atoms with Crippen LogP contribution >= 0.6 is 0 Å². The number of halogens is 2. The van der Waals surface area contributed by atoms with E-state index in [4.69, 9.17) is 0 Å². The molecular formula is C18H20F2N2O3S. The van der Waals surface area contributed by atoms with Gasteiger partial charge in [-0.05, 0) is 35.2 Å². The molecule has 2 aromatic carbocycles. The van der Waals surface area contributed by atoms with Gasteiger partial charge in [0.1, 0.15) is 17.3 Å². The van der Waals surface area contributed by atoms with E-state index in [0.29, 0.717) is 0 Å². The zero-order valence-electron chi connectivity index (χ0n) is 14.6. The standard InChI is InChI=1S/C18H20F2N2O3S/c1-18(2,3)12-7-9-13(10-8-12)26(24,25)21-11-16(23)22-17-14(19)5-4-6-15(17)20/h4-10,21H,11H2,1-3H3,(H,22,23). The van der Waals surface area contributed by atoms with Crippen LogP contribution < -0.4 is 10.0 Å². The molecule has 140 valence electrons. The molecule has 1 amide bonds. The highest BCUT2D eigenvalue weighted by Gasteiger charge is 2.19. The second-order valence-corrected chi connectivity index (χ2v) is 8.51. The van der Waals surface area contributed by atoms with Crippen LogP contribution in [0.3, 0.4) is 0 Å². The van der Waals surface area contributed by atoms with Gasteiger partial charge in [0.15, 0.2) is 0 Å². The summed E-state index contributed by atoms with van der Waals surface area (Å²) >= 11 is 0. The predicted molar refractivity (Wildman–Crippen MR) is 95.3 cm³/mol. The quantitative estimate of drug-likeness (QED) is 0.834. The van der Waals surface area contributed by atoms with E-state index >= 15 is 0 Å². The van der Waals surface area contributed by atoms with Crippen LogP contribution in [0.4, 0.5) is 14.5 Å². The van der Waals surface area contributed by atoms with Gasteiger partial charge < -0.3 is 5.32 Å². The second kappa shape index (κ2) is 7.51. The van der Waals surface area contributed by atoms with Crippen molar-refractivity contribution in [2.45, 2.75) is 31.1 Å². The van der Waals surface area contributed by atoms with Crippen LogP contribution in [-0.4, -0.2) is 20.9 Å². The molecule has 2 N–H and O–H groups in total. The van der Waals surface area contributed by atoms with Gasteiger partial charge in [-0.3, -0.25) is 4.79 Å². The molecule has 2 aromatic rings. The van der Waals surface area contributed by atoms with Crippen molar-refractivity contribution in [1.82, 2.24) is 4.72 Å². The van der Waals surface area contributed by atoms with Crippen LogP contribution in [0.2, 0.25) is 0 Å². The van der Waals surface area contributed by atoms with Gasteiger partial charge >= 0.3 is 0 Å². The number of sulfonamides is 1. The van der Waals surface area contributed by atoms with Crippen LogP contribution in [0, 0.1) is 11.6 Å². The summed E-state index contributed by atoms with van der Waals surface area (Å²) in [5, 5.41) is 2.02. The molecule has 0 bridgehead atoms. The Morgan fingerprint density at radius 2 is 1.54 bits per heavy atom. The summed E-state index contributed by atoms with van der Waals surface area (Å²) in [6, 6.07) is 9.41. The SMILES string of the molecule is CC(C)(C)c1ccc(S(=O)(=O)NCC(=O)Nc2c(F)cccc2F)cc1. The fraction of sp³-hybridized carbons (Fsp3) is 0.278. The lowest BCUT2D eigenvalue weighted by Crippen LogP contribution is -2.33. The fourth-order valence-electron chi connectivity index (χ4n) is 2.18. The summed E-state index contributed by atoms with van der Waals surface area (Å²) in [5.74, 6) is -2.78. The lowest BCUT2D eigenvalue weighted by molar-refractivity contribution is -0.115. The van der Waals surface area contributed by atoms with Crippen molar-refractivity contribution < 1.29 is 22.0 Å². The summed E-state index contributed by atoms with van der Waals surface area (Å²) in [4.78, 5) is 11.8. The van der Waals surface area contributed by atoms with E-state index in [0.717, 1.165) is 23.8 Å². The summed E-state index contributed by atoms with van der Waals surface area (Å²) in [6.45, 7) is 5.35. The second-order valence-electron chi connectivity index (χ2n) is 6.74. The van der Waals surface area contributed by atoms with Crippen molar-refractivity contribution in [3.8, 4) is 0 Å². The highest BCUT2D eigenvalue weighted by Crippen LogP contribution is 2.23. The highest BCUT2D eigenvalue weighted by molar-refractivity contribution is 7.89. The average molecular weight is 382 g/mol. The summed E-state index contributed by atoms with van der Waals surface area (Å²) < 4.78 is 53.6. The summed E-state index contributed by atoms with van der Waals surface area (Å²) in [7, 11) is -3.93. The number of anilines is 1. The Labute approximate surface area is 151 Å². The molecule has 0 saturated heterocycles. The number of hydrogen-bond acceptors (Lipinski definition) is 3. The van der Waals surface area contributed by atoms with E-state index in [2.05, 4.69) is 4.72 Å². The maximum absolute atomic E-state index is 13.5. The van der Waals surface area contributed by atoms with Gasteiger partial charge in [-0.15, -0.1) is 0 Å². The van der Waals surface area contributed by atoms with Crippen LogP contribution in [0.25, 0.3) is 0 Å². The maximum Gasteiger partial charge on any atom is 0.241 e. The van der Waals surface area contributed by atoms with Crippen molar-refractivity contribution in [2.24, 2.45) is 0 Å². The molecule has 5 nitrogen and oxygen atoms in total. The van der Waals surface area contributed by atoms with Crippen molar-refractivity contribution in [1.29, 1.82) is 0 Å². The Bertz CT molecular complexity index is 885. The van der Waals surface area contributed by atoms with E-state index < -0.39 is 39.8 Å². The Morgan fingerprint density at radius 1 is 1.00 bits per heavy atom. The predicted octanol–water partition coefficient (Wildman–Crippen LogP) is 3.18. The Morgan fingerprint density at radius 3 is 2.04 bits per heavy atom. The maximum atomic E-state index is 13.5. The number of carbonyl (C=O) groups is 1. The number of nitrogens with one attached hydrogen (secondary N) is 2. The van der Waals surface area contributed by atoms with Gasteiger partial charge in [0.05, 0.1) is 11.4 Å². The Balaban J connectivity index is 2.04. The fourth-order valence-corrected chi connectivity index (χ4v) is 3.16. The summed E-state index contributed by atoms with van der Waals surface area (Å²) in [6.07, 6.45) is 0. The van der Waals surface area contributed by atoms with Crippen LogP contribution in [-0.2, 0) is 20.2 Å². The van der Waals surface area contributed by atoms with Crippen molar-refractivity contribution >= 4 is 21.6 Å². The number of rotatable bonds is 5. The molecule has 0 radical (unpaired) electrons. The number of hydrogen-bond donors (Lipinski definition) is 2. The van der Waals surface area contributed by atoms with Crippen molar-refractivity contribution in [2.75, 3.05) is 11.9 Å². The van der Waals surface area contributed by atoms with Crippen molar-refractivity contribution in [3.05, 3.63) is 59.7 Å². The Kier molecular flexibility index (Phi) is 5.77. The molecule has 0 atom stereocenters. The van der Waals surface area contributed by atoms with Gasteiger partial charge in [-0.25, -0.2) is 21.9 Å². The van der Waals surface area contributed by atoms with Gasteiger partial charge in [0.2, 0.25) is 15.9 Å². The first-order valence-electron chi connectivity index (χ1n) is 7.85. The summed E-state index contributed by atoms with van der Waals surface area (Å²) in [5.41, 5.74) is 0.217. The van der Waals surface area contributed by atoms with E-state index in [9.17, 15) is 22.0 Å². The largest absolute Gasteiger partial charge is 0.320 e. The topological polar surface area (TPSA) is 75.3 Å². The van der Waals surface area contributed by atoms with Gasteiger partial charge in [-0.1, -0.05) is 39.0 Å². The van der Waals surface area contributed by atoms with Crippen LogP contribution in [0.5, 0.6) is 0 Å². The van der Waals surface area contributed by atoms with E-state index in [1.807, 2.05) is 26.1 Å². The molecule has 0 unspecified atom stereocenters. The minimum absolute atomic E-state index is 0.00428. The monoisotopic (exact) mass is 382 g/mol. The zero-order chi connectivity index (χ0) is 19.5. The lowest BCUT2D eigenvalue weighted by atomic mass is 9.87. The lowest BCUT2D eigenvalue weighted by Gasteiger charge is -2.19. The normalized spacial score (nSPS) is 12.0. The molecule has 2 rings (SSSR count). The first-order valence-corrected chi connectivity index (χ1v) is 9.33. The number of amides is 1. The molecule has 8 heteroatoms. The molecule has 0 aliphatic rings. The number of para-hydroxylation sites is 1. The highest BCUT2D eigenvalue weighted by atomic mass is 32.2. The molecule has 0 fully saturated rings. The first-order chi connectivity index (χ1) is 12.0. The number of carbonyl (C=O) groups excluding carboxylic acids is 1. The van der Waals surface area contributed by atoms with E-state index in [1.54, 1.807) is 12.1 Å².